The molecule has 2 aromatic rings. The fourth-order valence-electron chi connectivity index (χ4n) is 4.13. The van der Waals surface area contributed by atoms with Crippen molar-refractivity contribution in [2.45, 2.75) is 39.3 Å². The fourth-order valence-corrected chi connectivity index (χ4v) is 4.13. The number of Topliss-reactive ketones (excluding diaryl/α,β-unsaturated/α-hetero) is 1. The maximum Gasteiger partial charge on any atom is 0.295 e. The standard InChI is InChI=1S/C27H34N2O6/c1-6-34-22-16-19(10-13-21(22)30)24-23(26(32)27(33)29(24)15-7-14-28(4)5)25(31)18-8-11-20(12-9-18)35-17(2)3/h8-13,16-17,24,30-31H,6-7,14-15H2,1-5H3/b25-23+. The number of aromatic hydroxyl groups is 1. The Bertz CT molecular complexity index is 1090. The van der Waals surface area contributed by atoms with Crippen molar-refractivity contribution in [1.29, 1.82) is 0 Å². The first-order valence-corrected chi connectivity index (χ1v) is 11.9. The minimum absolute atomic E-state index is 0.0177. The summed E-state index contributed by atoms with van der Waals surface area (Å²) in [4.78, 5) is 28.9. The van der Waals surface area contributed by atoms with Gasteiger partial charge < -0.3 is 29.5 Å². The third-order valence-electron chi connectivity index (χ3n) is 5.69. The Morgan fingerprint density at radius 2 is 1.83 bits per heavy atom. The summed E-state index contributed by atoms with van der Waals surface area (Å²) in [5.41, 5.74) is 0.731. The predicted molar refractivity (Wildman–Crippen MR) is 130 cm³/mol. The second kappa shape index (κ2) is 11.3. The van der Waals surface area contributed by atoms with E-state index in [0.29, 0.717) is 36.4 Å². The minimum Gasteiger partial charge on any atom is -0.872 e. The molecule has 1 unspecified atom stereocenters. The number of amides is 1. The summed E-state index contributed by atoms with van der Waals surface area (Å²) in [5, 5.41) is 23.7. The summed E-state index contributed by atoms with van der Waals surface area (Å²) in [7, 11) is 4.02. The van der Waals surface area contributed by atoms with Crippen LogP contribution in [0.25, 0.3) is 5.76 Å². The highest BCUT2D eigenvalue weighted by atomic mass is 16.5. The van der Waals surface area contributed by atoms with Crippen molar-refractivity contribution in [3.8, 4) is 17.2 Å². The van der Waals surface area contributed by atoms with Gasteiger partial charge in [0, 0.05) is 18.5 Å². The van der Waals surface area contributed by atoms with Gasteiger partial charge >= 0.3 is 0 Å². The van der Waals surface area contributed by atoms with Gasteiger partial charge in [-0.1, -0.05) is 24.0 Å². The number of ether oxygens (including phenoxy) is 2. The Labute approximate surface area is 206 Å². The lowest BCUT2D eigenvalue weighted by atomic mass is 9.95. The molecule has 1 aliphatic heterocycles. The number of nitrogens with one attached hydrogen (secondary N) is 1. The number of ketones is 1. The van der Waals surface area contributed by atoms with Crippen molar-refractivity contribution in [2.75, 3.05) is 33.8 Å². The molecule has 0 radical (unpaired) electrons. The van der Waals surface area contributed by atoms with Gasteiger partial charge in [-0.25, -0.2) is 0 Å². The molecule has 1 fully saturated rings. The lowest BCUT2D eigenvalue weighted by molar-refractivity contribution is -0.858. The number of nitrogens with zero attached hydrogens (tertiary/aromatic N) is 1. The molecular formula is C27H34N2O6. The van der Waals surface area contributed by atoms with Gasteiger partial charge in [0.2, 0.25) is 5.78 Å². The summed E-state index contributed by atoms with van der Waals surface area (Å²) in [6.07, 6.45) is 0.646. The first kappa shape index (κ1) is 26.1. The van der Waals surface area contributed by atoms with Crippen molar-refractivity contribution in [3.05, 3.63) is 59.2 Å². The third kappa shape index (κ3) is 5.95. The van der Waals surface area contributed by atoms with Gasteiger partial charge in [0.25, 0.3) is 5.91 Å². The van der Waals surface area contributed by atoms with Crippen LogP contribution in [0.4, 0.5) is 0 Å². The van der Waals surface area contributed by atoms with E-state index >= 15 is 0 Å². The van der Waals surface area contributed by atoms with Crippen LogP contribution in [-0.2, 0) is 9.59 Å². The van der Waals surface area contributed by atoms with Crippen LogP contribution >= 0.6 is 0 Å². The van der Waals surface area contributed by atoms with Crippen molar-refractivity contribution >= 4 is 17.4 Å². The van der Waals surface area contributed by atoms with Crippen LogP contribution in [0.5, 0.6) is 17.2 Å². The van der Waals surface area contributed by atoms with Gasteiger partial charge in [-0.2, -0.15) is 0 Å². The van der Waals surface area contributed by atoms with E-state index in [-0.39, 0.29) is 23.2 Å². The van der Waals surface area contributed by atoms with Gasteiger partial charge in [-0.15, -0.1) is 0 Å². The van der Waals surface area contributed by atoms with Crippen LogP contribution in [0.1, 0.15) is 44.4 Å². The summed E-state index contributed by atoms with van der Waals surface area (Å²) >= 11 is 0. The largest absolute Gasteiger partial charge is 0.872 e. The Hall–Kier alpha value is -3.52. The number of carbonyl (C=O) groups is 2. The second-order valence-electron chi connectivity index (χ2n) is 9.13. The van der Waals surface area contributed by atoms with E-state index in [9.17, 15) is 19.8 Å². The van der Waals surface area contributed by atoms with Gasteiger partial charge in [-0.3, -0.25) is 9.59 Å². The molecule has 8 nitrogen and oxygen atoms in total. The third-order valence-corrected chi connectivity index (χ3v) is 5.69. The lowest BCUT2D eigenvalue weighted by Crippen LogP contribution is -3.05. The van der Waals surface area contributed by atoms with Crippen molar-refractivity contribution in [1.82, 2.24) is 4.90 Å². The molecule has 188 valence electrons. The molecule has 1 heterocycles. The number of benzene rings is 2. The van der Waals surface area contributed by atoms with Crippen LogP contribution in [0.2, 0.25) is 0 Å². The number of carbonyl (C=O) groups excluding carboxylic acids is 2. The molecule has 0 saturated carbocycles. The molecule has 0 aliphatic carbocycles. The minimum atomic E-state index is -0.869. The Morgan fingerprint density at radius 1 is 1.14 bits per heavy atom. The molecule has 2 aromatic carbocycles. The molecule has 0 spiro atoms. The normalized spacial score (nSPS) is 17.5. The van der Waals surface area contributed by atoms with Gasteiger partial charge in [0.1, 0.15) is 5.75 Å². The number of phenolic OH excluding ortho intramolecular Hbond substituents is 1. The van der Waals surface area contributed by atoms with E-state index in [4.69, 9.17) is 9.47 Å². The fraction of sp³-hybridized carbons (Fsp3) is 0.407. The average molecular weight is 483 g/mol. The van der Waals surface area contributed by atoms with Crippen LogP contribution in [0.15, 0.2) is 48.0 Å². The maximum atomic E-state index is 13.6. The zero-order chi connectivity index (χ0) is 25.7. The van der Waals surface area contributed by atoms with Crippen LogP contribution in [0, 0.1) is 0 Å². The number of hydrogen-bond donors (Lipinski definition) is 2. The van der Waals surface area contributed by atoms with Crippen molar-refractivity contribution in [3.63, 3.8) is 0 Å². The molecular weight excluding hydrogens is 448 g/mol. The number of phenols is 1. The SMILES string of the molecule is CCOc1cc(C2/C(=C(\[O-])c3ccc(OC(C)C)cc3)C(=O)C(=O)N2CCC[NH+](C)C)ccc1O. The summed E-state index contributed by atoms with van der Waals surface area (Å²) in [6.45, 7) is 7.05. The van der Waals surface area contributed by atoms with Crippen molar-refractivity contribution < 1.29 is 34.2 Å². The monoisotopic (exact) mass is 482 g/mol. The predicted octanol–water partition coefficient (Wildman–Crippen LogP) is 1.34. The Kier molecular flexibility index (Phi) is 8.40. The summed E-state index contributed by atoms with van der Waals surface area (Å²) in [5.74, 6) is -1.21. The topological polar surface area (TPSA) is 104 Å². The molecule has 1 saturated heterocycles. The number of rotatable bonds is 10. The maximum absolute atomic E-state index is 13.6. The van der Waals surface area contributed by atoms with Gasteiger partial charge in [0.05, 0.1) is 39.4 Å². The highest BCUT2D eigenvalue weighted by Gasteiger charge is 2.44. The molecule has 35 heavy (non-hydrogen) atoms. The zero-order valence-electron chi connectivity index (χ0n) is 21.0. The van der Waals surface area contributed by atoms with Crippen LogP contribution in [0.3, 0.4) is 0 Å². The van der Waals surface area contributed by atoms with Crippen LogP contribution in [-0.4, -0.2) is 61.6 Å². The summed E-state index contributed by atoms with van der Waals surface area (Å²) in [6, 6.07) is 10.3. The van der Waals surface area contributed by atoms with E-state index in [1.54, 1.807) is 43.3 Å². The van der Waals surface area contributed by atoms with Gasteiger partial charge in [-0.05, 0) is 56.2 Å². The molecule has 0 aromatic heterocycles. The quantitative estimate of drug-likeness (QED) is 0.301. The first-order chi connectivity index (χ1) is 16.6. The van der Waals surface area contributed by atoms with E-state index in [1.165, 1.54) is 15.9 Å². The van der Waals surface area contributed by atoms with E-state index < -0.39 is 23.5 Å². The Balaban J connectivity index is 2.09. The van der Waals surface area contributed by atoms with E-state index in [2.05, 4.69) is 0 Å². The van der Waals surface area contributed by atoms with Crippen molar-refractivity contribution in [2.24, 2.45) is 0 Å². The number of likely N-dealkylation sites (tertiary alicyclic amines) is 1. The summed E-state index contributed by atoms with van der Waals surface area (Å²) < 4.78 is 11.2. The molecule has 1 aliphatic rings. The molecule has 0 bridgehead atoms. The van der Waals surface area contributed by atoms with E-state index in [1.807, 2.05) is 27.9 Å². The first-order valence-electron chi connectivity index (χ1n) is 11.9. The molecule has 2 N–H and O–H groups in total. The molecule has 8 heteroatoms. The van der Waals surface area contributed by atoms with E-state index in [0.717, 1.165) is 6.54 Å². The average Bonchev–Trinajstić information content (AvgIpc) is 3.05. The van der Waals surface area contributed by atoms with Crippen LogP contribution < -0.4 is 19.5 Å². The highest BCUT2D eigenvalue weighted by Crippen LogP contribution is 2.41. The highest BCUT2D eigenvalue weighted by molar-refractivity contribution is 6.46. The molecule has 3 rings (SSSR count). The second-order valence-corrected chi connectivity index (χ2v) is 9.13. The number of quaternary nitrogens is 1. The lowest BCUT2D eigenvalue weighted by Gasteiger charge is -2.28. The zero-order valence-corrected chi connectivity index (χ0v) is 21.0. The Morgan fingerprint density at radius 3 is 2.43 bits per heavy atom. The molecule has 1 atom stereocenters. The smallest absolute Gasteiger partial charge is 0.295 e. The number of hydrogen-bond acceptors (Lipinski definition) is 6. The molecule has 1 amide bonds. The van der Waals surface area contributed by atoms with Gasteiger partial charge in [0.15, 0.2) is 11.5 Å².